The first-order chi connectivity index (χ1) is 8.95. The number of amides is 1. The number of benzene rings is 1. The van der Waals surface area contributed by atoms with Crippen LogP contribution in [0, 0.1) is 5.92 Å². The second kappa shape index (κ2) is 5.51. The van der Waals surface area contributed by atoms with E-state index in [-0.39, 0.29) is 11.9 Å². The first-order valence-electron chi connectivity index (χ1n) is 6.72. The van der Waals surface area contributed by atoms with E-state index < -0.39 is 5.41 Å². The molecule has 3 N–H and O–H groups in total. The van der Waals surface area contributed by atoms with Crippen molar-refractivity contribution in [3.05, 3.63) is 34.9 Å². The fraction of sp³-hybridized carbons (Fsp3) is 0.533. The van der Waals surface area contributed by atoms with Crippen LogP contribution in [0.1, 0.15) is 32.3 Å². The highest BCUT2D eigenvalue weighted by Crippen LogP contribution is 2.33. The summed E-state index contributed by atoms with van der Waals surface area (Å²) in [6.07, 6.45) is 2.34. The Labute approximate surface area is 119 Å². The van der Waals surface area contributed by atoms with E-state index >= 15 is 0 Å². The van der Waals surface area contributed by atoms with Crippen molar-refractivity contribution in [1.82, 2.24) is 5.32 Å². The molecular formula is C15H21ClN2O. The van der Waals surface area contributed by atoms with Gasteiger partial charge in [0, 0.05) is 17.6 Å². The molecule has 1 aliphatic rings. The number of hydrogen-bond donors (Lipinski definition) is 2. The van der Waals surface area contributed by atoms with Crippen LogP contribution < -0.4 is 11.1 Å². The van der Waals surface area contributed by atoms with E-state index in [0.717, 1.165) is 5.56 Å². The SMILES string of the molecule is CC(C)(C(=O)NC(CN)C1CC1)c1ccc(Cl)cc1. The average molecular weight is 281 g/mol. The van der Waals surface area contributed by atoms with Crippen molar-refractivity contribution >= 4 is 17.5 Å². The third-order valence-electron chi connectivity index (χ3n) is 3.90. The summed E-state index contributed by atoms with van der Waals surface area (Å²) in [5.74, 6) is 0.590. The lowest BCUT2D eigenvalue weighted by molar-refractivity contribution is -0.126. The molecule has 0 saturated heterocycles. The van der Waals surface area contributed by atoms with Crippen LogP contribution in [0.3, 0.4) is 0 Å². The van der Waals surface area contributed by atoms with E-state index in [1.54, 1.807) is 0 Å². The second-order valence-electron chi connectivity index (χ2n) is 5.78. The van der Waals surface area contributed by atoms with E-state index in [1.807, 2.05) is 38.1 Å². The second-order valence-corrected chi connectivity index (χ2v) is 6.22. The Morgan fingerprint density at radius 3 is 2.47 bits per heavy atom. The normalized spacial score (nSPS) is 17.1. The van der Waals surface area contributed by atoms with Crippen LogP contribution in [-0.4, -0.2) is 18.5 Å². The van der Waals surface area contributed by atoms with Gasteiger partial charge in [-0.2, -0.15) is 0 Å². The zero-order chi connectivity index (χ0) is 14.0. The summed E-state index contributed by atoms with van der Waals surface area (Å²) in [5.41, 5.74) is 6.11. The smallest absolute Gasteiger partial charge is 0.230 e. The summed E-state index contributed by atoms with van der Waals surface area (Å²) in [7, 11) is 0. The molecule has 1 aromatic rings. The highest BCUT2D eigenvalue weighted by Gasteiger charge is 2.36. The van der Waals surface area contributed by atoms with E-state index in [0.29, 0.717) is 17.5 Å². The molecule has 2 rings (SSSR count). The third kappa shape index (κ3) is 3.28. The molecule has 0 heterocycles. The van der Waals surface area contributed by atoms with Crippen LogP contribution in [-0.2, 0) is 10.2 Å². The molecule has 1 fully saturated rings. The van der Waals surface area contributed by atoms with Crippen molar-refractivity contribution in [1.29, 1.82) is 0 Å². The molecule has 3 nitrogen and oxygen atoms in total. The van der Waals surface area contributed by atoms with E-state index in [4.69, 9.17) is 17.3 Å². The predicted molar refractivity (Wildman–Crippen MR) is 78.2 cm³/mol. The number of rotatable bonds is 5. The predicted octanol–water partition coefficient (Wildman–Crippen LogP) is 2.47. The maximum Gasteiger partial charge on any atom is 0.230 e. The first-order valence-corrected chi connectivity index (χ1v) is 7.10. The maximum absolute atomic E-state index is 12.5. The zero-order valence-corrected chi connectivity index (χ0v) is 12.2. The van der Waals surface area contributed by atoms with Gasteiger partial charge in [-0.25, -0.2) is 0 Å². The van der Waals surface area contributed by atoms with Gasteiger partial charge < -0.3 is 11.1 Å². The van der Waals surface area contributed by atoms with Gasteiger partial charge in [0.2, 0.25) is 5.91 Å². The van der Waals surface area contributed by atoms with Crippen LogP contribution in [0.25, 0.3) is 0 Å². The lowest BCUT2D eigenvalue weighted by Gasteiger charge is -2.27. The summed E-state index contributed by atoms with van der Waals surface area (Å²) in [5, 5.41) is 3.76. The van der Waals surface area contributed by atoms with E-state index in [9.17, 15) is 4.79 Å². The topological polar surface area (TPSA) is 55.1 Å². The summed E-state index contributed by atoms with van der Waals surface area (Å²) in [6.45, 7) is 4.35. The maximum atomic E-state index is 12.5. The largest absolute Gasteiger partial charge is 0.351 e. The van der Waals surface area contributed by atoms with Gasteiger partial charge in [-0.1, -0.05) is 23.7 Å². The molecule has 1 amide bonds. The molecule has 4 heteroatoms. The van der Waals surface area contributed by atoms with Crippen LogP contribution in [0.2, 0.25) is 5.02 Å². The molecule has 0 radical (unpaired) electrons. The molecule has 1 aromatic carbocycles. The van der Waals surface area contributed by atoms with Crippen LogP contribution >= 0.6 is 11.6 Å². The summed E-state index contributed by atoms with van der Waals surface area (Å²) in [6, 6.07) is 7.53. The van der Waals surface area contributed by atoms with Crippen molar-refractivity contribution < 1.29 is 4.79 Å². The number of nitrogens with one attached hydrogen (secondary N) is 1. The Hall–Kier alpha value is -1.06. The van der Waals surface area contributed by atoms with Crippen molar-refractivity contribution in [2.45, 2.75) is 38.1 Å². The van der Waals surface area contributed by atoms with Crippen molar-refractivity contribution in [2.24, 2.45) is 11.7 Å². The standard InChI is InChI=1S/C15H21ClN2O/c1-15(2,11-5-7-12(16)8-6-11)14(19)18-13(9-17)10-3-4-10/h5-8,10,13H,3-4,9,17H2,1-2H3,(H,18,19). The molecule has 1 aliphatic carbocycles. The Kier molecular flexibility index (Phi) is 4.16. The zero-order valence-electron chi connectivity index (χ0n) is 11.4. The van der Waals surface area contributed by atoms with Crippen LogP contribution in [0.5, 0.6) is 0 Å². The third-order valence-corrected chi connectivity index (χ3v) is 4.15. The number of carbonyl (C=O) groups is 1. The number of hydrogen-bond acceptors (Lipinski definition) is 2. The highest BCUT2D eigenvalue weighted by atomic mass is 35.5. The minimum atomic E-state index is -0.576. The van der Waals surface area contributed by atoms with Gasteiger partial charge in [0.25, 0.3) is 0 Å². The molecule has 0 spiro atoms. The van der Waals surface area contributed by atoms with Gasteiger partial charge in [0.05, 0.1) is 5.41 Å². The lowest BCUT2D eigenvalue weighted by Crippen LogP contribution is -2.48. The van der Waals surface area contributed by atoms with E-state index in [2.05, 4.69) is 5.32 Å². The van der Waals surface area contributed by atoms with Crippen LogP contribution in [0.15, 0.2) is 24.3 Å². The fourth-order valence-corrected chi connectivity index (χ4v) is 2.34. The molecule has 1 atom stereocenters. The molecule has 1 unspecified atom stereocenters. The minimum Gasteiger partial charge on any atom is -0.351 e. The molecule has 1 saturated carbocycles. The molecule has 0 bridgehead atoms. The van der Waals surface area contributed by atoms with E-state index in [1.165, 1.54) is 12.8 Å². The van der Waals surface area contributed by atoms with Gasteiger partial charge in [0.15, 0.2) is 0 Å². The highest BCUT2D eigenvalue weighted by molar-refractivity contribution is 6.30. The quantitative estimate of drug-likeness (QED) is 0.871. The van der Waals surface area contributed by atoms with Crippen molar-refractivity contribution in [3.8, 4) is 0 Å². The Morgan fingerprint density at radius 2 is 2.00 bits per heavy atom. The molecule has 0 aliphatic heterocycles. The monoisotopic (exact) mass is 280 g/mol. The fourth-order valence-electron chi connectivity index (χ4n) is 2.21. The number of carbonyl (C=O) groups excluding carboxylic acids is 1. The van der Waals surface area contributed by atoms with Gasteiger partial charge in [-0.05, 0) is 50.3 Å². The summed E-state index contributed by atoms with van der Waals surface area (Å²) >= 11 is 5.88. The minimum absolute atomic E-state index is 0.0252. The van der Waals surface area contributed by atoms with Gasteiger partial charge in [0.1, 0.15) is 0 Å². The molecule has 19 heavy (non-hydrogen) atoms. The van der Waals surface area contributed by atoms with Gasteiger partial charge in [-0.3, -0.25) is 4.79 Å². The van der Waals surface area contributed by atoms with Crippen molar-refractivity contribution in [2.75, 3.05) is 6.54 Å². The Balaban J connectivity index is 2.09. The summed E-state index contributed by atoms with van der Waals surface area (Å²) in [4.78, 5) is 12.5. The van der Waals surface area contributed by atoms with Crippen molar-refractivity contribution in [3.63, 3.8) is 0 Å². The lowest BCUT2D eigenvalue weighted by atomic mass is 9.83. The Bertz CT molecular complexity index is 452. The Morgan fingerprint density at radius 1 is 1.42 bits per heavy atom. The van der Waals surface area contributed by atoms with Crippen LogP contribution in [0.4, 0.5) is 0 Å². The number of halogens is 1. The number of nitrogens with two attached hydrogens (primary N) is 1. The van der Waals surface area contributed by atoms with Gasteiger partial charge >= 0.3 is 0 Å². The average Bonchev–Trinajstić information content (AvgIpc) is 3.20. The molecule has 0 aromatic heterocycles. The van der Waals surface area contributed by atoms with Gasteiger partial charge in [-0.15, -0.1) is 0 Å². The first kappa shape index (κ1) is 14.4. The summed E-state index contributed by atoms with van der Waals surface area (Å²) < 4.78 is 0. The molecule has 104 valence electrons. The molecular weight excluding hydrogens is 260 g/mol.